The summed E-state index contributed by atoms with van der Waals surface area (Å²) in [6, 6.07) is 5.13. The standard InChI is InChI=1S/C12H18N2O3/c1-16-8-3-4-9(11(7-8)17-2)10(13)5-6-12(14)15/h3-4,7,10H,5-6,13H2,1-2H3,(H2,14,15). The number of carbonyl (C=O) groups is 1. The first-order valence-corrected chi connectivity index (χ1v) is 5.34. The molecule has 0 aliphatic heterocycles. The summed E-state index contributed by atoms with van der Waals surface area (Å²) in [6.07, 6.45) is 0.758. The number of rotatable bonds is 6. The lowest BCUT2D eigenvalue weighted by Crippen LogP contribution is -2.17. The highest BCUT2D eigenvalue weighted by Crippen LogP contribution is 2.30. The molecule has 5 heteroatoms. The van der Waals surface area contributed by atoms with Crippen LogP contribution in [0.4, 0.5) is 0 Å². The van der Waals surface area contributed by atoms with Crippen LogP contribution in [-0.2, 0) is 4.79 Å². The molecule has 1 aromatic carbocycles. The highest BCUT2D eigenvalue weighted by Gasteiger charge is 2.13. The molecule has 0 radical (unpaired) electrons. The molecule has 1 unspecified atom stereocenters. The van der Waals surface area contributed by atoms with Crippen molar-refractivity contribution in [3.05, 3.63) is 23.8 Å². The van der Waals surface area contributed by atoms with Gasteiger partial charge in [0.05, 0.1) is 14.2 Å². The zero-order chi connectivity index (χ0) is 12.8. The molecule has 4 N–H and O–H groups in total. The summed E-state index contributed by atoms with van der Waals surface area (Å²) in [5.74, 6) is 1.00. The molecule has 1 rings (SSSR count). The Morgan fingerprint density at radius 2 is 2.06 bits per heavy atom. The molecule has 0 aliphatic rings. The fourth-order valence-electron chi connectivity index (χ4n) is 1.58. The Balaban J connectivity index is 2.84. The van der Waals surface area contributed by atoms with Crippen molar-refractivity contribution < 1.29 is 14.3 Å². The van der Waals surface area contributed by atoms with Gasteiger partial charge in [0.2, 0.25) is 5.91 Å². The molecule has 1 amide bonds. The van der Waals surface area contributed by atoms with Crippen LogP contribution in [0.3, 0.4) is 0 Å². The van der Waals surface area contributed by atoms with Gasteiger partial charge in [-0.1, -0.05) is 6.07 Å². The Bertz CT molecular complexity index is 393. The zero-order valence-electron chi connectivity index (χ0n) is 10.1. The molecule has 0 spiro atoms. The van der Waals surface area contributed by atoms with Crippen LogP contribution in [0.15, 0.2) is 18.2 Å². The SMILES string of the molecule is COc1ccc(C(N)CCC(N)=O)c(OC)c1. The molecule has 0 aliphatic carbocycles. The van der Waals surface area contributed by atoms with Crippen LogP contribution in [0, 0.1) is 0 Å². The highest BCUT2D eigenvalue weighted by molar-refractivity contribution is 5.73. The van der Waals surface area contributed by atoms with E-state index in [2.05, 4.69) is 0 Å². The number of hydrogen-bond acceptors (Lipinski definition) is 4. The van der Waals surface area contributed by atoms with E-state index in [0.717, 1.165) is 5.56 Å². The van der Waals surface area contributed by atoms with Crippen LogP contribution >= 0.6 is 0 Å². The van der Waals surface area contributed by atoms with Crippen molar-refractivity contribution in [2.75, 3.05) is 14.2 Å². The minimum Gasteiger partial charge on any atom is -0.497 e. The zero-order valence-corrected chi connectivity index (χ0v) is 10.1. The number of benzene rings is 1. The third-order valence-electron chi connectivity index (χ3n) is 2.54. The summed E-state index contributed by atoms with van der Waals surface area (Å²) in [4.78, 5) is 10.7. The summed E-state index contributed by atoms with van der Waals surface area (Å²) in [5, 5.41) is 0. The lowest BCUT2D eigenvalue weighted by Gasteiger charge is -2.15. The molecule has 1 atom stereocenters. The van der Waals surface area contributed by atoms with Crippen molar-refractivity contribution in [3.63, 3.8) is 0 Å². The molecule has 0 heterocycles. The van der Waals surface area contributed by atoms with E-state index >= 15 is 0 Å². The number of methoxy groups -OCH3 is 2. The van der Waals surface area contributed by atoms with Gasteiger partial charge >= 0.3 is 0 Å². The Kier molecular flexibility index (Phi) is 4.78. The average molecular weight is 238 g/mol. The minimum atomic E-state index is -0.354. The lowest BCUT2D eigenvalue weighted by atomic mass is 10.0. The third kappa shape index (κ3) is 3.64. The van der Waals surface area contributed by atoms with E-state index in [1.807, 2.05) is 12.1 Å². The molecule has 0 saturated heterocycles. The van der Waals surface area contributed by atoms with Gasteiger partial charge in [-0.25, -0.2) is 0 Å². The maximum Gasteiger partial charge on any atom is 0.217 e. The second-order valence-electron chi connectivity index (χ2n) is 3.72. The Morgan fingerprint density at radius 3 is 2.59 bits per heavy atom. The number of primary amides is 1. The Labute approximate surface area is 101 Å². The molecule has 17 heavy (non-hydrogen) atoms. The second kappa shape index (κ2) is 6.10. The lowest BCUT2D eigenvalue weighted by molar-refractivity contribution is -0.118. The van der Waals surface area contributed by atoms with Gasteiger partial charge in [0.15, 0.2) is 0 Å². The summed E-state index contributed by atoms with van der Waals surface area (Å²) >= 11 is 0. The van der Waals surface area contributed by atoms with E-state index in [1.165, 1.54) is 0 Å². The van der Waals surface area contributed by atoms with Crippen molar-refractivity contribution in [2.24, 2.45) is 11.5 Å². The number of carbonyl (C=O) groups excluding carboxylic acids is 1. The monoisotopic (exact) mass is 238 g/mol. The summed E-state index contributed by atoms with van der Waals surface area (Å²) in [7, 11) is 3.15. The predicted molar refractivity (Wildman–Crippen MR) is 64.9 cm³/mol. The fraction of sp³-hybridized carbons (Fsp3) is 0.417. The van der Waals surface area contributed by atoms with Crippen LogP contribution < -0.4 is 20.9 Å². The summed E-state index contributed by atoms with van der Waals surface area (Å²) in [6.45, 7) is 0. The second-order valence-corrected chi connectivity index (χ2v) is 3.72. The predicted octanol–water partition coefficient (Wildman–Crippen LogP) is 0.969. The maximum absolute atomic E-state index is 10.7. The molecular weight excluding hydrogens is 220 g/mol. The van der Waals surface area contributed by atoms with Crippen LogP contribution in [0.2, 0.25) is 0 Å². The smallest absolute Gasteiger partial charge is 0.217 e. The molecule has 0 saturated carbocycles. The van der Waals surface area contributed by atoms with Gasteiger partial charge in [-0.2, -0.15) is 0 Å². The molecule has 0 aromatic heterocycles. The van der Waals surface area contributed by atoms with Gasteiger partial charge in [-0.3, -0.25) is 4.79 Å². The Morgan fingerprint density at radius 1 is 1.35 bits per heavy atom. The van der Waals surface area contributed by atoms with Crippen molar-refractivity contribution in [2.45, 2.75) is 18.9 Å². The molecule has 94 valence electrons. The molecule has 0 fully saturated rings. The van der Waals surface area contributed by atoms with Crippen LogP contribution in [0.1, 0.15) is 24.4 Å². The molecule has 1 aromatic rings. The highest BCUT2D eigenvalue weighted by atomic mass is 16.5. The number of nitrogens with two attached hydrogens (primary N) is 2. The summed E-state index contributed by atoms with van der Waals surface area (Å²) < 4.78 is 10.3. The van der Waals surface area contributed by atoms with Gasteiger partial charge < -0.3 is 20.9 Å². The van der Waals surface area contributed by atoms with E-state index < -0.39 is 0 Å². The van der Waals surface area contributed by atoms with Crippen LogP contribution in [-0.4, -0.2) is 20.1 Å². The van der Waals surface area contributed by atoms with E-state index in [1.54, 1.807) is 20.3 Å². The van der Waals surface area contributed by atoms with Gasteiger partial charge in [-0.05, 0) is 12.5 Å². The van der Waals surface area contributed by atoms with Gasteiger partial charge in [0.25, 0.3) is 0 Å². The topological polar surface area (TPSA) is 87.6 Å². The van der Waals surface area contributed by atoms with Crippen molar-refractivity contribution in [1.82, 2.24) is 0 Å². The first-order chi connectivity index (χ1) is 8.08. The first kappa shape index (κ1) is 13.3. The van der Waals surface area contributed by atoms with E-state index in [4.69, 9.17) is 20.9 Å². The largest absolute Gasteiger partial charge is 0.497 e. The quantitative estimate of drug-likeness (QED) is 0.773. The van der Waals surface area contributed by atoms with Crippen molar-refractivity contribution >= 4 is 5.91 Å². The first-order valence-electron chi connectivity index (χ1n) is 5.34. The van der Waals surface area contributed by atoms with Crippen molar-refractivity contribution in [1.29, 1.82) is 0 Å². The average Bonchev–Trinajstić information content (AvgIpc) is 2.34. The number of amides is 1. The molecular formula is C12H18N2O3. The van der Waals surface area contributed by atoms with Gasteiger partial charge in [0.1, 0.15) is 11.5 Å². The van der Waals surface area contributed by atoms with Gasteiger partial charge in [-0.15, -0.1) is 0 Å². The van der Waals surface area contributed by atoms with E-state index in [-0.39, 0.29) is 18.4 Å². The summed E-state index contributed by atoms with van der Waals surface area (Å²) in [5.41, 5.74) is 11.9. The normalized spacial score (nSPS) is 11.9. The van der Waals surface area contributed by atoms with Crippen molar-refractivity contribution in [3.8, 4) is 11.5 Å². The minimum absolute atomic E-state index is 0.260. The van der Waals surface area contributed by atoms with E-state index in [9.17, 15) is 4.79 Å². The van der Waals surface area contributed by atoms with E-state index in [0.29, 0.717) is 17.9 Å². The Hall–Kier alpha value is -1.75. The third-order valence-corrected chi connectivity index (χ3v) is 2.54. The van der Waals surface area contributed by atoms with Gasteiger partial charge in [0, 0.05) is 24.1 Å². The maximum atomic E-state index is 10.7. The fourth-order valence-corrected chi connectivity index (χ4v) is 1.58. The number of hydrogen-bond donors (Lipinski definition) is 2. The molecule has 5 nitrogen and oxygen atoms in total. The number of ether oxygens (including phenoxy) is 2. The van der Waals surface area contributed by atoms with Crippen LogP contribution in [0.25, 0.3) is 0 Å². The molecule has 0 bridgehead atoms. The van der Waals surface area contributed by atoms with Crippen LogP contribution in [0.5, 0.6) is 11.5 Å².